The van der Waals surface area contributed by atoms with Crippen LogP contribution in [0.5, 0.6) is 5.75 Å². The predicted molar refractivity (Wildman–Crippen MR) is 55.7 cm³/mol. The van der Waals surface area contributed by atoms with E-state index in [9.17, 15) is 0 Å². The molecule has 1 aromatic rings. The Bertz CT molecular complexity index is 312. The van der Waals surface area contributed by atoms with Crippen molar-refractivity contribution in [1.29, 1.82) is 5.41 Å². The van der Waals surface area contributed by atoms with Gasteiger partial charge in [-0.15, -0.1) is 0 Å². The molecule has 0 fully saturated rings. The highest BCUT2D eigenvalue weighted by Gasteiger charge is 2.06. The molecular weight excluding hydrogens is 178 g/mol. The van der Waals surface area contributed by atoms with E-state index < -0.39 is 0 Å². The van der Waals surface area contributed by atoms with Gasteiger partial charge in [0.15, 0.2) is 0 Å². The Morgan fingerprint density at radius 3 is 3.07 bits per heavy atom. The Kier molecular flexibility index (Phi) is 3.91. The third-order valence-electron chi connectivity index (χ3n) is 1.78. The molecule has 14 heavy (non-hydrogen) atoms. The number of nitrogen functional groups attached to an aromatic ring is 1. The maximum absolute atomic E-state index is 7.29. The fraction of sp³-hybridized carbons (Fsp3) is 0.400. The second kappa shape index (κ2) is 5.21. The van der Waals surface area contributed by atoms with E-state index in [2.05, 4.69) is 11.9 Å². The highest BCUT2D eigenvalue weighted by molar-refractivity contribution is 5.95. The van der Waals surface area contributed by atoms with Gasteiger partial charge in [-0.2, -0.15) is 0 Å². The molecule has 0 atom stereocenters. The molecule has 4 heteroatoms. The van der Waals surface area contributed by atoms with Crippen LogP contribution in [0.25, 0.3) is 0 Å². The maximum atomic E-state index is 7.29. The van der Waals surface area contributed by atoms with Crippen LogP contribution < -0.4 is 10.5 Å². The summed E-state index contributed by atoms with van der Waals surface area (Å²) < 4.78 is 5.46. The lowest BCUT2D eigenvalue weighted by Crippen LogP contribution is -2.15. The van der Waals surface area contributed by atoms with Crippen LogP contribution >= 0.6 is 0 Å². The molecular formula is C10H15N3O. The standard InChI is InChI=1S/C10H15N3O/c1-2-3-7-14-8-5-4-6-13-9(8)10(11)12/h4-6H,2-3,7H2,1H3,(H3,11,12). The summed E-state index contributed by atoms with van der Waals surface area (Å²) in [7, 11) is 0. The summed E-state index contributed by atoms with van der Waals surface area (Å²) in [6, 6.07) is 3.55. The van der Waals surface area contributed by atoms with Gasteiger partial charge in [0.25, 0.3) is 0 Å². The molecule has 1 aromatic heterocycles. The van der Waals surface area contributed by atoms with Gasteiger partial charge in [0, 0.05) is 6.20 Å². The molecule has 0 aromatic carbocycles. The minimum absolute atomic E-state index is 0.0582. The first-order chi connectivity index (χ1) is 6.75. The first kappa shape index (κ1) is 10.5. The fourth-order valence-electron chi connectivity index (χ4n) is 1.04. The maximum Gasteiger partial charge on any atom is 0.148 e. The van der Waals surface area contributed by atoms with Crippen LogP contribution in [0.1, 0.15) is 25.5 Å². The third kappa shape index (κ3) is 2.73. The highest BCUT2D eigenvalue weighted by Crippen LogP contribution is 2.14. The van der Waals surface area contributed by atoms with Gasteiger partial charge in [-0.25, -0.2) is 4.98 Å². The molecule has 0 bridgehead atoms. The minimum Gasteiger partial charge on any atom is -0.491 e. The van der Waals surface area contributed by atoms with Gasteiger partial charge in [0.1, 0.15) is 17.3 Å². The van der Waals surface area contributed by atoms with Crippen LogP contribution in [0.4, 0.5) is 0 Å². The van der Waals surface area contributed by atoms with Crippen molar-refractivity contribution in [3.05, 3.63) is 24.0 Å². The van der Waals surface area contributed by atoms with Crippen LogP contribution in [-0.2, 0) is 0 Å². The Morgan fingerprint density at radius 2 is 2.43 bits per heavy atom. The zero-order valence-corrected chi connectivity index (χ0v) is 8.29. The van der Waals surface area contributed by atoms with Gasteiger partial charge < -0.3 is 10.5 Å². The lowest BCUT2D eigenvalue weighted by Gasteiger charge is -2.08. The summed E-state index contributed by atoms with van der Waals surface area (Å²) in [6.07, 6.45) is 3.67. The Balaban J connectivity index is 2.69. The largest absolute Gasteiger partial charge is 0.491 e. The Morgan fingerprint density at radius 1 is 1.64 bits per heavy atom. The zero-order chi connectivity index (χ0) is 10.4. The summed E-state index contributed by atoms with van der Waals surface area (Å²) in [4.78, 5) is 3.98. The Labute approximate surface area is 83.6 Å². The lowest BCUT2D eigenvalue weighted by molar-refractivity contribution is 0.307. The second-order valence-electron chi connectivity index (χ2n) is 2.97. The molecule has 0 radical (unpaired) electrons. The lowest BCUT2D eigenvalue weighted by atomic mass is 10.3. The monoisotopic (exact) mass is 193 g/mol. The van der Waals surface area contributed by atoms with E-state index >= 15 is 0 Å². The van der Waals surface area contributed by atoms with Crippen molar-refractivity contribution in [2.24, 2.45) is 5.73 Å². The second-order valence-corrected chi connectivity index (χ2v) is 2.97. The molecule has 0 aliphatic carbocycles. The average molecular weight is 193 g/mol. The average Bonchev–Trinajstić information content (AvgIpc) is 2.19. The van der Waals surface area contributed by atoms with E-state index in [0.717, 1.165) is 12.8 Å². The van der Waals surface area contributed by atoms with Crippen molar-refractivity contribution in [3.8, 4) is 5.75 Å². The summed E-state index contributed by atoms with van der Waals surface area (Å²) in [5, 5.41) is 7.29. The van der Waals surface area contributed by atoms with E-state index in [4.69, 9.17) is 15.9 Å². The zero-order valence-electron chi connectivity index (χ0n) is 8.29. The molecule has 4 nitrogen and oxygen atoms in total. The van der Waals surface area contributed by atoms with Crippen LogP contribution in [-0.4, -0.2) is 17.4 Å². The molecule has 0 spiro atoms. The number of ether oxygens (including phenoxy) is 1. The van der Waals surface area contributed by atoms with Crippen LogP contribution in [0.15, 0.2) is 18.3 Å². The molecule has 0 aliphatic rings. The van der Waals surface area contributed by atoms with E-state index in [1.807, 2.05) is 0 Å². The molecule has 1 rings (SSSR count). The number of nitrogens with two attached hydrogens (primary N) is 1. The van der Waals surface area contributed by atoms with Crippen LogP contribution in [0.2, 0.25) is 0 Å². The molecule has 0 saturated heterocycles. The number of hydrogen-bond donors (Lipinski definition) is 2. The SMILES string of the molecule is CCCCOc1cccnc1C(=N)N. The summed E-state index contributed by atoms with van der Waals surface area (Å²) in [5.74, 6) is 0.533. The van der Waals surface area contributed by atoms with E-state index in [1.165, 1.54) is 0 Å². The van der Waals surface area contributed by atoms with Crippen molar-refractivity contribution in [3.63, 3.8) is 0 Å². The fourth-order valence-corrected chi connectivity index (χ4v) is 1.04. The topological polar surface area (TPSA) is 72.0 Å². The predicted octanol–water partition coefficient (Wildman–Crippen LogP) is 1.54. The van der Waals surface area contributed by atoms with Crippen molar-refractivity contribution in [1.82, 2.24) is 4.98 Å². The van der Waals surface area contributed by atoms with Gasteiger partial charge in [0.2, 0.25) is 0 Å². The van der Waals surface area contributed by atoms with E-state index in [-0.39, 0.29) is 5.84 Å². The van der Waals surface area contributed by atoms with Crippen LogP contribution in [0.3, 0.4) is 0 Å². The quantitative estimate of drug-likeness (QED) is 0.423. The van der Waals surface area contributed by atoms with Crippen molar-refractivity contribution in [2.75, 3.05) is 6.61 Å². The normalized spacial score (nSPS) is 9.79. The molecule has 0 unspecified atom stereocenters. The number of nitrogens with zero attached hydrogens (tertiary/aromatic N) is 1. The molecule has 76 valence electrons. The van der Waals surface area contributed by atoms with Gasteiger partial charge in [0.05, 0.1) is 6.61 Å². The van der Waals surface area contributed by atoms with Crippen molar-refractivity contribution >= 4 is 5.84 Å². The van der Waals surface area contributed by atoms with Crippen molar-refractivity contribution in [2.45, 2.75) is 19.8 Å². The number of aromatic nitrogens is 1. The summed E-state index contributed by atoms with van der Waals surface area (Å²) >= 11 is 0. The number of hydrogen-bond acceptors (Lipinski definition) is 3. The van der Waals surface area contributed by atoms with E-state index in [0.29, 0.717) is 18.1 Å². The molecule has 3 N–H and O–H groups in total. The first-order valence-corrected chi connectivity index (χ1v) is 4.68. The molecule has 0 aliphatic heterocycles. The Hall–Kier alpha value is -1.58. The van der Waals surface area contributed by atoms with E-state index in [1.54, 1.807) is 18.3 Å². The number of amidine groups is 1. The number of rotatable bonds is 5. The number of pyridine rings is 1. The number of unbranched alkanes of at least 4 members (excludes halogenated alkanes) is 1. The molecule has 0 amide bonds. The van der Waals surface area contributed by atoms with Gasteiger partial charge in [-0.3, -0.25) is 5.41 Å². The smallest absolute Gasteiger partial charge is 0.148 e. The van der Waals surface area contributed by atoms with Crippen molar-refractivity contribution < 1.29 is 4.74 Å². The van der Waals surface area contributed by atoms with Gasteiger partial charge in [-0.05, 0) is 18.6 Å². The molecule has 1 heterocycles. The van der Waals surface area contributed by atoms with Gasteiger partial charge >= 0.3 is 0 Å². The third-order valence-corrected chi connectivity index (χ3v) is 1.78. The summed E-state index contributed by atoms with van der Waals surface area (Å²) in [6.45, 7) is 2.74. The molecule has 0 saturated carbocycles. The number of nitrogens with one attached hydrogen (secondary N) is 1. The summed E-state index contributed by atoms with van der Waals surface area (Å²) in [5.41, 5.74) is 5.78. The highest BCUT2D eigenvalue weighted by atomic mass is 16.5. The van der Waals surface area contributed by atoms with Crippen LogP contribution in [0, 0.1) is 5.41 Å². The van der Waals surface area contributed by atoms with Gasteiger partial charge in [-0.1, -0.05) is 13.3 Å². The minimum atomic E-state index is -0.0582. The first-order valence-electron chi connectivity index (χ1n) is 4.68.